The van der Waals surface area contributed by atoms with E-state index in [1.807, 2.05) is 22.9 Å². The molecule has 1 amide bonds. The van der Waals surface area contributed by atoms with Crippen molar-refractivity contribution in [2.75, 3.05) is 19.6 Å². The number of benzene rings is 1. The van der Waals surface area contributed by atoms with Crippen molar-refractivity contribution >= 4 is 16.9 Å². The SMILES string of the molecule is CC(=O)NCCn1nc([C@@H]2CCN(Cc3ccccc3F)C2)c2cccnc21. The zero-order valence-electron chi connectivity index (χ0n) is 15.9. The van der Waals surface area contributed by atoms with Gasteiger partial charge >= 0.3 is 0 Å². The molecule has 4 rings (SSSR count). The van der Waals surface area contributed by atoms with Crippen molar-refractivity contribution in [1.82, 2.24) is 25.0 Å². The van der Waals surface area contributed by atoms with Gasteiger partial charge in [-0.25, -0.2) is 14.1 Å². The summed E-state index contributed by atoms with van der Waals surface area (Å²) in [6, 6.07) is 10.9. The van der Waals surface area contributed by atoms with Gasteiger partial charge in [0.05, 0.1) is 12.2 Å². The van der Waals surface area contributed by atoms with Gasteiger partial charge in [-0.1, -0.05) is 18.2 Å². The van der Waals surface area contributed by atoms with Crippen LogP contribution in [0, 0.1) is 5.82 Å². The minimum atomic E-state index is -0.150. The molecular formula is C21H24FN5O. The number of nitrogens with one attached hydrogen (secondary N) is 1. The minimum Gasteiger partial charge on any atom is -0.354 e. The van der Waals surface area contributed by atoms with Gasteiger partial charge in [-0.2, -0.15) is 5.10 Å². The van der Waals surface area contributed by atoms with Crippen LogP contribution in [0.2, 0.25) is 0 Å². The van der Waals surface area contributed by atoms with E-state index in [-0.39, 0.29) is 11.7 Å². The number of likely N-dealkylation sites (tertiary alicyclic amines) is 1. The lowest BCUT2D eigenvalue weighted by atomic mass is 10.0. The van der Waals surface area contributed by atoms with Gasteiger partial charge < -0.3 is 5.32 Å². The molecular weight excluding hydrogens is 357 g/mol. The Morgan fingerprint density at radius 2 is 2.14 bits per heavy atom. The molecule has 1 N–H and O–H groups in total. The largest absolute Gasteiger partial charge is 0.354 e. The standard InChI is InChI=1S/C21H24FN5O/c1-15(28)23-10-12-27-21-18(6-4-9-24-21)20(25-27)17-8-11-26(14-17)13-16-5-2-3-7-19(16)22/h2-7,9,17H,8,10-14H2,1H3,(H,23,28)/t17-/m1/s1. The highest BCUT2D eigenvalue weighted by atomic mass is 19.1. The van der Waals surface area contributed by atoms with Gasteiger partial charge in [0, 0.05) is 49.6 Å². The Morgan fingerprint density at radius 1 is 1.29 bits per heavy atom. The lowest BCUT2D eigenvalue weighted by molar-refractivity contribution is -0.118. The van der Waals surface area contributed by atoms with Crippen molar-refractivity contribution in [2.24, 2.45) is 0 Å². The molecule has 3 heterocycles. The Morgan fingerprint density at radius 3 is 2.96 bits per heavy atom. The van der Waals surface area contributed by atoms with Crippen LogP contribution < -0.4 is 5.32 Å². The molecule has 2 aromatic heterocycles. The lowest BCUT2D eigenvalue weighted by Crippen LogP contribution is -2.25. The normalized spacial score (nSPS) is 17.3. The molecule has 1 aliphatic heterocycles. The third-order valence-corrected chi connectivity index (χ3v) is 5.24. The summed E-state index contributed by atoms with van der Waals surface area (Å²) in [4.78, 5) is 17.9. The summed E-state index contributed by atoms with van der Waals surface area (Å²) in [5, 5.41) is 8.69. The predicted octanol–water partition coefficient (Wildman–Crippen LogP) is 2.70. The summed E-state index contributed by atoms with van der Waals surface area (Å²) < 4.78 is 15.8. The summed E-state index contributed by atoms with van der Waals surface area (Å²) in [7, 11) is 0. The molecule has 1 fully saturated rings. The molecule has 0 saturated carbocycles. The smallest absolute Gasteiger partial charge is 0.216 e. The van der Waals surface area contributed by atoms with Gasteiger partial charge in [0.25, 0.3) is 0 Å². The van der Waals surface area contributed by atoms with Crippen LogP contribution in [0.4, 0.5) is 4.39 Å². The van der Waals surface area contributed by atoms with Crippen molar-refractivity contribution in [3.63, 3.8) is 0 Å². The molecule has 0 spiro atoms. The third kappa shape index (κ3) is 3.89. The van der Waals surface area contributed by atoms with Crippen LogP contribution in [0.3, 0.4) is 0 Å². The Hall–Kier alpha value is -2.80. The Kier molecular flexibility index (Phi) is 5.34. The predicted molar refractivity (Wildman–Crippen MR) is 105 cm³/mol. The number of hydrogen-bond donors (Lipinski definition) is 1. The number of fused-ring (bicyclic) bond motifs is 1. The molecule has 28 heavy (non-hydrogen) atoms. The number of carbonyl (C=O) groups excluding carboxylic acids is 1. The maximum absolute atomic E-state index is 14.0. The van der Waals surface area contributed by atoms with Gasteiger partial charge in [-0.3, -0.25) is 9.69 Å². The maximum atomic E-state index is 14.0. The number of hydrogen-bond acceptors (Lipinski definition) is 4. The fraction of sp³-hybridized carbons (Fsp3) is 0.381. The fourth-order valence-corrected chi connectivity index (χ4v) is 3.90. The number of nitrogens with zero attached hydrogens (tertiary/aromatic N) is 4. The van der Waals surface area contributed by atoms with E-state index in [4.69, 9.17) is 5.10 Å². The second-order valence-electron chi connectivity index (χ2n) is 7.28. The van der Waals surface area contributed by atoms with Crippen LogP contribution in [-0.2, 0) is 17.9 Å². The second-order valence-corrected chi connectivity index (χ2v) is 7.28. The average Bonchev–Trinajstić information content (AvgIpc) is 3.28. The van der Waals surface area contributed by atoms with Crippen LogP contribution in [0.5, 0.6) is 0 Å². The number of aromatic nitrogens is 3. The molecule has 146 valence electrons. The maximum Gasteiger partial charge on any atom is 0.216 e. The number of amides is 1. The molecule has 1 saturated heterocycles. The third-order valence-electron chi connectivity index (χ3n) is 5.24. The first-order valence-electron chi connectivity index (χ1n) is 9.63. The highest BCUT2D eigenvalue weighted by Crippen LogP contribution is 2.32. The topological polar surface area (TPSA) is 63.1 Å². The summed E-state index contributed by atoms with van der Waals surface area (Å²) >= 11 is 0. The van der Waals surface area contributed by atoms with Crippen LogP contribution in [-0.4, -0.2) is 45.2 Å². The van der Waals surface area contributed by atoms with Crippen molar-refractivity contribution in [3.8, 4) is 0 Å². The molecule has 7 heteroatoms. The first kappa shape index (κ1) is 18.6. The van der Waals surface area contributed by atoms with Crippen LogP contribution >= 0.6 is 0 Å². The van der Waals surface area contributed by atoms with Crippen LogP contribution in [0.1, 0.15) is 30.5 Å². The molecule has 1 atom stereocenters. The van der Waals surface area contributed by atoms with E-state index >= 15 is 0 Å². The molecule has 0 radical (unpaired) electrons. The van der Waals surface area contributed by atoms with E-state index in [0.717, 1.165) is 41.8 Å². The average molecular weight is 381 g/mol. The number of halogens is 1. The monoisotopic (exact) mass is 381 g/mol. The van der Waals surface area contributed by atoms with Crippen LogP contribution in [0.25, 0.3) is 11.0 Å². The van der Waals surface area contributed by atoms with Gasteiger partial charge in [0.2, 0.25) is 5.91 Å². The van der Waals surface area contributed by atoms with Gasteiger partial charge in [0.15, 0.2) is 5.65 Å². The summed E-state index contributed by atoms with van der Waals surface area (Å²) in [5.74, 6) is 0.0903. The molecule has 6 nitrogen and oxygen atoms in total. The molecule has 1 aliphatic rings. The quantitative estimate of drug-likeness (QED) is 0.713. The van der Waals surface area contributed by atoms with Crippen molar-refractivity contribution in [1.29, 1.82) is 0 Å². The van der Waals surface area contributed by atoms with E-state index in [1.165, 1.54) is 13.0 Å². The molecule has 3 aromatic rings. The van der Waals surface area contributed by atoms with Gasteiger partial charge in [-0.05, 0) is 31.2 Å². The Bertz CT molecular complexity index is 986. The molecule has 0 unspecified atom stereocenters. The molecule has 0 aliphatic carbocycles. The highest BCUT2D eigenvalue weighted by Gasteiger charge is 2.28. The highest BCUT2D eigenvalue weighted by molar-refractivity contribution is 5.79. The fourth-order valence-electron chi connectivity index (χ4n) is 3.90. The lowest BCUT2D eigenvalue weighted by Gasteiger charge is -2.16. The second kappa shape index (κ2) is 8.06. The van der Waals surface area contributed by atoms with E-state index in [2.05, 4.69) is 21.3 Å². The van der Waals surface area contributed by atoms with Gasteiger partial charge in [0.1, 0.15) is 5.82 Å². The minimum absolute atomic E-state index is 0.0516. The Labute approximate surface area is 163 Å². The van der Waals surface area contributed by atoms with Crippen molar-refractivity contribution in [3.05, 3.63) is 59.7 Å². The summed E-state index contributed by atoms with van der Waals surface area (Å²) in [6.45, 7) is 4.99. The Balaban J connectivity index is 1.51. The van der Waals surface area contributed by atoms with E-state index in [9.17, 15) is 9.18 Å². The zero-order chi connectivity index (χ0) is 19.5. The van der Waals surface area contributed by atoms with E-state index in [0.29, 0.717) is 25.6 Å². The van der Waals surface area contributed by atoms with Crippen LogP contribution in [0.15, 0.2) is 42.6 Å². The van der Waals surface area contributed by atoms with E-state index in [1.54, 1.807) is 12.3 Å². The molecule has 0 bridgehead atoms. The first-order chi connectivity index (χ1) is 13.6. The number of carbonyl (C=O) groups is 1. The first-order valence-corrected chi connectivity index (χ1v) is 9.63. The van der Waals surface area contributed by atoms with E-state index < -0.39 is 0 Å². The number of pyridine rings is 1. The number of rotatable bonds is 6. The van der Waals surface area contributed by atoms with Gasteiger partial charge in [-0.15, -0.1) is 0 Å². The summed E-state index contributed by atoms with van der Waals surface area (Å²) in [6.07, 6.45) is 2.75. The zero-order valence-corrected chi connectivity index (χ0v) is 15.9. The molecule has 1 aromatic carbocycles. The van der Waals surface area contributed by atoms with Crippen molar-refractivity contribution in [2.45, 2.75) is 32.4 Å². The van der Waals surface area contributed by atoms with Crippen molar-refractivity contribution < 1.29 is 9.18 Å². The summed E-state index contributed by atoms with van der Waals surface area (Å²) in [5.41, 5.74) is 2.62.